The van der Waals surface area contributed by atoms with Crippen molar-refractivity contribution >= 4 is 36.9 Å². The van der Waals surface area contributed by atoms with Crippen LogP contribution in [-0.4, -0.2) is 52.9 Å². The fraction of sp³-hybridized carbons (Fsp3) is 0.286. The zero-order valence-corrected chi connectivity index (χ0v) is 23.4. The van der Waals surface area contributed by atoms with Gasteiger partial charge in [-0.1, -0.05) is 45.8 Å². The van der Waals surface area contributed by atoms with Gasteiger partial charge in [-0.05, 0) is 69.3 Å². The number of halogens is 1. The molecule has 7 nitrogen and oxygen atoms in total. The average molecular weight is 582 g/mol. The second kappa shape index (κ2) is 10.1. The minimum atomic E-state index is -3.60. The first-order valence-electron chi connectivity index (χ1n) is 12.3. The van der Waals surface area contributed by atoms with Crippen molar-refractivity contribution in [2.24, 2.45) is 0 Å². The Hall–Kier alpha value is -2.85. The third-order valence-electron chi connectivity index (χ3n) is 7.03. The summed E-state index contributed by atoms with van der Waals surface area (Å²) in [6.45, 7) is 7.31. The predicted octanol–water partition coefficient (Wildman–Crippen LogP) is 4.91. The standard InChI is InChI=1S/C28H29BrN4O3S/c1-19-8-14-24(15-9-19)37(35,36)32-17-16-31(18-20(32)2)21(3)27-30-26-7-5-4-6-25(26)28(34)33(27)23-12-10-22(29)11-13-23/h4-15,20-21H,16-18H2,1-3H3. The van der Waals surface area contributed by atoms with Gasteiger partial charge in [0, 0.05) is 30.1 Å². The largest absolute Gasteiger partial charge is 0.291 e. The first-order chi connectivity index (χ1) is 17.7. The van der Waals surface area contributed by atoms with E-state index in [0.717, 1.165) is 15.7 Å². The van der Waals surface area contributed by atoms with Gasteiger partial charge in [0.15, 0.2) is 0 Å². The fourth-order valence-electron chi connectivity index (χ4n) is 4.96. The molecule has 37 heavy (non-hydrogen) atoms. The Morgan fingerprint density at radius 1 is 0.973 bits per heavy atom. The SMILES string of the molecule is Cc1ccc(S(=O)(=O)N2CCN(C(C)c3nc4ccccc4c(=O)n3-c3ccc(Br)cc3)CC2C)cc1. The number of aryl methyl sites for hydroxylation is 1. The monoisotopic (exact) mass is 580 g/mol. The Bertz CT molecular complexity index is 1600. The molecular formula is C28H29BrN4O3S. The van der Waals surface area contributed by atoms with Crippen LogP contribution in [0.15, 0.2) is 87.0 Å². The topological polar surface area (TPSA) is 75.5 Å². The third kappa shape index (κ3) is 4.88. The second-order valence-electron chi connectivity index (χ2n) is 9.55. The maximum atomic E-state index is 13.7. The molecule has 0 spiro atoms. The number of benzene rings is 3. The summed E-state index contributed by atoms with van der Waals surface area (Å²) < 4.78 is 30.9. The molecule has 1 saturated heterocycles. The molecule has 5 rings (SSSR count). The molecule has 4 aromatic rings. The highest BCUT2D eigenvalue weighted by Gasteiger charge is 2.36. The number of piperazine rings is 1. The lowest BCUT2D eigenvalue weighted by molar-refractivity contribution is 0.104. The van der Waals surface area contributed by atoms with Crippen LogP contribution >= 0.6 is 15.9 Å². The number of sulfonamides is 1. The molecule has 0 saturated carbocycles. The molecule has 192 valence electrons. The average Bonchev–Trinajstić information content (AvgIpc) is 2.89. The number of nitrogens with zero attached hydrogens (tertiary/aromatic N) is 4. The summed E-state index contributed by atoms with van der Waals surface area (Å²) in [6, 6.07) is 21.5. The van der Waals surface area contributed by atoms with Crippen molar-refractivity contribution in [3.8, 4) is 5.69 Å². The molecule has 3 aromatic carbocycles. The van der Waals surface area contributed by atoms with Crippen LogP contribution in [-0.2, 0) is 10.0 Å². The van der Waals surface area contributed by atoms with Gasteiger partial charge in [-0.25, -0.2) is 13.4 Å². The van der Waals surface area contributed by atoms with E-state index in [4.69, 9.17) is 4.98 Å². The number of fused-ring (bicyclic) bond motifs is 1. The Labute approximate surface area is 225 Å². The van der Waals surface area contributed by atoms with Crippen LogP contribution in [0.25, 0.3) is 16.6 Å². The van der Waals surface area contributed by atoms with Crippen LogP contribution in [0.2, 0.25) is 0 Å². The van der Waals surface area contributed by atoms with Crippen LogP contribution in [0.3, 0.4) is 0 Å². The quantitative estimate of drug-likeness (QED) is 0.335. The molecule has 1 fully saturated rings. The maximum absolute atomic E-state index is 13.7. The van der Waals surface area contributed by atoms with Gasteiger partial charge in [-0.3, -0.25) is 14.3 Å². The van der Waals surface area contributed by atoms with Gasteiger partial charge >= 0.3 is 0 Å². The Balaban J connectivity index is 1.49. The highest BCUT2D eigenvalue weighted by atomic mass is 79.9. The molecule has 2 atom stereocenters. The molecule has 2 unspecified atom stereocenters. The third-order valence-corrected chi connectivity index (χ3v) is 9.59. The summed E-state index contributed by atoms with van der Waals surface area (Å²) >= 11 is 3.47. The van der Waals surface area contributed by atoms with E-state index in [9.17, 15) is 13.2 Å². The normalized spacial score (nSPS) is 18.2. The van der Waals surface area contributed by atoms with Gasteiger partial charge in [0.1, 0.15) is 5.82 Å². The summed E-state index contributed by atoms with van der Waals surface area (Å²) in [6.07, 6.45) is 0. The van der Waals surface area contributed by atoms with Gasteiger partial charge in [0.05, 0.1) is 27.5 Å². The second-order valence-corrected chi connectivity index (χ2v) is 12.4. The molecule has 0 N–H and O–H groups in total. The fourth-order valence-corrected chi connectivity index (χ4v) is 6.83. The van der Waals surface area contributed by atoms with Crippen molar-refractivity contribution < 1.29 is 8.42 Å². The smallest absolute Gasteiger partial charge is 0.266 e. The molecule has 9 heteroatoms. The Morgan fingerprint density at radius 2 is 1.65 bits per heavy atom. The van der Waals surface area contributed by atoms with Crippen LogP contribution in [0, 0.1) is 6.92 Å². The molecular weight excluding hydrogens is 552 g/mol. The molecule has 0 bridgehead atoms. The molecule has 0 radical (unpaired) electrons. The molecule has 0 amide bonds. The molecule has 1 aliphatic rings. The number of para-hydroxylation sites is 1. The Morgan fingerprint density at radius 3 is 2.32 bits per heavy atom. The lowest BCUT2D eigenvalue weighted by Crippen LogP contribution is -2.54. The van der Waals surface area contributed by atoms with Crippen molar-refractivity contribution in [1.29, 1.82) is 0 Å². The van der Waals surface area contributed by atoms with Crippen molar-refractivity contribution in [1.82, 2.24) is 18.8 Å². The molecule has 1 aliphatic heterocycles. The van der Waals surface area contributed by atoms with E-state index in [-0.39, 0.29) is 17.6 Å². The molecule has 1 aromatic heterocycles. The van der Waals surface area contributed by atoms with Crippen molar-refractivity contribution in [3.05, 3.63) is 99.0 Å². The van der Waals surface area contributed by atoms with Crippen molar-refractivity contribution in [2.75, 3.05) is 19.6 Å². The van der Waals surface area contributed by atoms with E-state index in [1.807, 2.05) is 75.4 Å². The highest BCUT2D eigenvalue weighted by molar-refractivity contribution is 9.10. The zero-order valence-electron chi connectivity index (χ0n) is 21.0. The minimum Gasteiger partial charge on any atom is -0.291 e. The van der Waals surface area contributed by atoms with Gasteiger partial charge in [-0.15, -0.1) is 0 Å². The van der Waals surface area contributed by atoms with Crippen LogP contribution < -0.4 is 5.56 Å². The lowest BCUT2D eigenvalue weighted by Gasteiger charge is -2.41. The summed E-state index contributed by atoms with van der Waals surface area (Å²) in [5.74, 6) is 0.632. The number of rotatable bonds is 5. The summed E-state index contributed by atoms with van der Waals surface area (Å²) in [7, 11) is -3.60. The van der Waals surface area contributed by atoms with E-state index in [1.165, 1.54) is 0 Å². The van der Waals surface area contributed by atoms with Crippen molar-refractivity contribution in [3.63, 3.8) is 0 Å². The lowest BCUT2D eigenvalue weighted by atomic mass is 10.1. The van der Waals surface area contributed by atoms with Crippen LogP contribution in [0.4, 0.5) is 0 Å². The predicted molar refractivity (Wildman–Crippen MR) is 150 cm³/mol. The van der Waals surface area contributed by atoms with Crippen LogP contribution in [0.1, 0.15) is 31.3 Å². The first kappa shape index (κ1) is 25.8. The number of hydrogen-bond donors (Lipinski definition) is 0. The van der Waals surface area contributed by atoms with E-state index in [2.05, 4.69) is 20.8 Å². The van der Waals surface area contributed by atoms with Gasteiger partial charge in [0.2, 0.25) is 10.0 Å². The summed E-state index contributed by atoms with van der Waals surface area (Å²) in [5, 5.41) is 0.559. The Kier molecular flexibility index (Phi) is 7.06. The first-order valence-corrected chi connectivity index (χ1v) is 14.5. The van der Waals surface area contributed by atoms with Gasteiger partial charge < -0.3 is 0 Å². The van der Waals surface area contributed by atoms with E-state index >= 15 is 0 Å². The van der Waals surface area contributed by atoms with Gasteiger partial charge in [-0.2, -0.15) is 4.31 Å². The van der Waals surface area contributed by atoms with Gasteiger partial charge in [0.25, 0.3) is 5.56 Å². The number of hydrogen-bond acceptors (Lipinski definition) is 5. The number of aromatic nitrogens is 2. The van der Waals surface area contributed by atoms with Crippen molar-refractivity contribution in [2.45, 2.75) is 37.8 Å². The summed E-state index contributed by atoms with van der Waals surface area (Å²) in [4.78, 5) is 21.1. The maximum Gasteiger partial charge on any atom is 0.266 e. The van der Waals surface area contributed by atoms with E-state index in [1.54, 1.807) is 27.1 Å². The molecule has 2 heterocycles. The molecule has 0 aliphatic carbocycles. The van der Waals surface area contributed by atoms with E-state index in [0.29, 0.717) is 41.3 Å². The zero-order chi connectivity index (χ0) is 26.3. The summed E-state index contributed by atoms with van der Waals surface area (Å²) in [5.41, 5.74) is 2.28. The minimum absolute atomic E-state index is 0.122. The van der Waals surface area contributed by atoms with Crippen LogP contribution in [0.5, 0.6) is 0 Å². The van der Waals surface area contributed by atoms with E-state index < -0.39 is 10.0 Å². The highest BCUT2D eigenvalue weighted by Crippen LogP contribution is 2.28.